The Morgan fingerprint density at radius 3 is 2.48 bits per heavy atom. The zero-order valence-corrected chi connectivity index (χ0v) is 18.6. The van der Waals surface area contributed by atoms with Gasteiger partial charge in [-0.1, -0.05) is 6.07 Å². The molecule has 0 radical (unpaired) electrons. The third-order valence-electron chi connectivity index (χ3n) is 7.48. The van der Waals surface area contributed by atoms with Gasteiger partial charge in [0.05, 0.1) is 5.69 Å². The van der Waals surface area contributed by atoms with E-state index in [9.17, 15) is 4.39 Å². The minimum Gasteiger partial charge on any atom is -0.381 e. The van der Waals surface area contributed by atoms with Crippen LogP contribution in [0.25, 0.3) is 11.3 Å². The highest BCUT2D eigenvalue weighted by Crippen LogP contribution is 2.40. The van der Waals surface area contributed by atoms with E-state index < -0.39 is 0 Å². The van der Waals surface area contributed by atoms with Crippen LogP contribution in [-0.4, -0.2) is 54.0 Å². The molecule has 0 unspecified atom stereocenters. The molecule has 5 nitrogen and oxygen atoms in total. The normalized spacial score (nSPS) is 26.9. The lowest BCUT2D eigenvalue weighted by Gasteiger charge is -2.27. The summed E-state index contributed by atoms with van der Waals surface area (Å²) in [5.41, 5.74) is 3.60. The number of hydrogen-bond donors (Lipinski definition) is 1. The Kier molecular flexibility index (Phi) is 5.93. The molecular weight excluding hydrogens is 391 g/mol. The molecule has 2 aromatic rings. The van der Waals surface area contributed by atoms with Crippen molar-refractivity contribution in [2.75, 3.05) is 38.2 Å². The van der Waals surface area contributed by atoms with Crippen LogP contribution < -0.4 is 5.32 Å². The maximum Gasteiger partial charge on any atom is 0.149 e. The van der Waals surface area contributed by atoms with E-state index >= 15 is 0 Å². The van der Waals surface area contributed by atoms with Crippen LogP contribution in [0.2, 0.25) is 0 Å². The van der Waals surface area contributed by atoms with Gasteiger partial charge >= 0.3 is 0 Å². The van der Waals surface area contributed by atoms with Crippen molar-refractivity contribution >= 4 is 5.82 Å². The average molecular weight is 425 g/mol. The van der Waals surface area contributed by atoms with Crippen LogP contribution in [0, 0.1) is 37.4 Å². The van der Waals surface area contributed by atoms with E-state index in [1.807, 2.05) is 13.8 Å². The van der Waals surface area contributed by atoms with Crippen molar-refractivity contribution in [2.45, 2.75) is 45.6 Å². The van der Waals surface area contributed by atoms with Gasteiger partial charge < -0.3 is 15.0 Å². The van der Waals surface area contributed by atoms with Crippen LogP contribution in [0.5, 0.6) is 0 Å². The lowest BCUT2D eigenvalue weighted by atomic mass is 10.00. The summed E-state index contributed by atoms with van der Waals surface area (Å²) in [5.74, 6) is 2.99. The van der Waals surface area contributed by atoms with Gasteiger partial charge in [0.1, 0.15) is 11.6 Å². The van der Waals surface area contributed by atoms with Crippen LogP contribution >= 0.6 is 0 Å². The van der Waals surface area contributed by atoms with E-state index in [0.717, 1.165) is 59.2 Å². The standard InChI is InChI=1S/C25H33FN4O/c1-16-3-4-21(26)12-23(16)25-17(2)9-24(28-29-25)27-22-10-19-14-30(15-20(19)11-22)13-18-5-7-31-8-6-18/h3-4,9,12,18-20,22H,5-8,10-11,13-15H2,1-2H3,(H,27,28)/t19-,20+,22-. The highest BCUT2D eigenvalue weighted by Gasteiger charge is 2.41. The monoisotopic (exact) mass is 424 g/mol. The van der Waals surface area contributed by atoms with Crippen molar-refractivity contribution in [3.63, 3.8) is 0 Å². The predicted octanol–water partition coefficient (Wildman–Crippen LogP) is 4.45. The quantitative estimate of drug-likeness (QED) is 0.769. The maximum atomic E-state index is 13.7. The van der Waals surface area contributed by atoms with Crippen LogP contribution in [0.15, 0.2) is 24.3 Å². The number of hydrogen-bond acceptors (Lipinski definition) is 5. The molecule has 0 bridgehead atoms. The summed E-state index contributed by atoms with van der Waals surface area (Å²) in [4.78, 5) is 2.70. The second-order valence-corrected chi connectivity index (χ2v) is 9.83. The van der Waals surface area contributed by atoms with Crippen LogP contribution in [0.3, 0.4) is 0 Å². The second kappa shape index (κ2) is 8.83. The fraction of sp³-hybridized carbons (Fsp3) is 0.600. The molecule has 3 heterocycles. The van der Waals surface area contributed by atoms with Gasteiger partial charge in [-0.2, -0.15) is 0 Å². The molecule has 2 aliphatic heterocycles. The third-order valence-corrected chi connectivity index (χ3v) is 7.48. The van der Waals surface area contributed by atoms with E-state index in [1.165, 1.54) is 51.4 Å². The first-order valence-corrected chi connectivity index (χ1v) is 11.7. The summed E-state index contributed by atoms with van der Waals surface area (Å²) >= 11 is 0. The Labute approximate surface area is 184 Å². The lowest BCUT2D eigenvalue weighted by Crippen LogP contribution is -2.32. The van der Waals surface area contributed by atoms with Crippen molar-refractivity contribution in [1.82, 2.24) is 15.1 Å². The molecule has 5 rings (SSSR count). The molecule has 0 spiro atoms. The van der Waals surface area contributed by atoms with Gasteiger partial charge in [0.2, 0.25) is 0 Å². The first kappa shape index (κ1) is 20.8. The smallest absolute Gasteiger partial charge is 0.149 e. The van der Waals surface area contributed by atoms with Gasteiger partial charge in [0, 0.05) is 44.5 Å². The van der Waals surface area contributed by atoms with E-state index in [2.05, 4.69) is 26.5 Å². The molecule has 1 saturated carbocycles. The van der Waals surface area contributed by atoms with Crippen LogP contribution in [0.1, 0.15) is 36.8 Å². The van der Waals surface area contributed by atoms with Gasteiger partial charge in [-0.3, -0.25) is 0 Å². The van der Waals surface area contributed by atoms with Crippen molar-refractivity contribution in [3.8, 4) is 11.3 Å². The van der Waals surface area contributed by atoms with E-state index in [1.54, 1.807) is 12.1 Å². The Balaban J connectivity index is 1.18. The number of aromatic nitrogens is 2. The summed E-state index contributed by atoms with van der Waals surface area (Å²) in [7, 11) is 0. The number of likely N-dealkylation sites (tertiary alicyclic amines) is 1. The van der Waals surface area contributed by atoms with E-state index in [0.29, 0.717) is 6.04 Å². The topological polar surface area (TPSA) is 50.3 Å². The van der Waals surface area contributed by atoms with Crippen molar-refractivity contribution in [1.29, 1.82) is 0 Å². The summed E-state index contributed by atoms with van der Waals surface area (Å²) < 4.78 is 19.2. The fourth-order valence-electron chi connectivity index (χ4n) is 5.84. The summed E-state index contributed by atoms with van der Waals surface area (Å²) in [6.45, 7) is 9.61. The first-order chi connectivity index (χ1) is 15.0. The Bertz CT molecular complexity index is 916. The summed E-state index contributed by atoms with van der Waals surface area (Å²) in [6, 6.07) is 7.34. The highest BCUT2D eigenvalue weighted by atomic mass is 19.1. The van der Waals surface area contributed by atoms with E-state index in [-0.39, 0.29) is 5.82 Å². The van der Waals surface area contributed by atoms with Gasteiger partial charge in [0.25, 0.3) is 0 Å². The number of aryl methyl sites for hydroxylation is 2. The maximum absolute atomic E-state index is 13.7. The summed E-state index contributed by atoms with van der Waals surface area (Å²) in [5, 5.41) is 12.5. The Morgan fingerprint density at radius 1 is 1.03 bits per heavy atom. The average Bonchev–Trinajstić information content (AvgIpc) is 3.29. The van der Waals surface area contributed by atoms with Crippen LogP contribution in [-0.2, 0) is 4.74 Å². The molecule has 1 N–H and O–H groups in total. The minimum absolute atomic E-state index is 0.243. The van der Waals surface area contributed by atoms with Gasteiger partial charge in [-0.05, 0) is 86.6 Å². The van der Waals surface area contributed by atoms with Gasteiger partial charge in [-0.25, -0.2) is 4.39 Å². The number of rotatable bonds is 5. The molecule has 2 saturated heterocycles. The Morgan fingerprint density at radius 2 is 1.77 bits per heavy atom. The number of ether oxygens (including phenoxy) is 1. The highest BCUT2D eigenvalue weighted by molar-refractivity contribution is 5.67. The zero-order valence-electron chi connectivity index (χ0n) is 18.6. The van der Waals surface area contributed by atoms with Crippen molar-refractivity contribution in [3.05, 3.63) is 41.2 Å². The molecule has 3 atom stereocenters. The number of nitrogens with zero attached hydrogens (tertiary/aromatic N) is 3. The number of halogens is 1. The lowest BCUT2D eigenvalue weighted by molar-refractivity contribution is 0.0545. The number of nitrogens with one attached hydrogen (secondary N) is 1. The Hall–Kier alpha value is -2.05. The van der Waals surface area contributed by atoms with Crippen molar-refractivity contribution < 1.29 is 9.13 Å². The number of anilines is 1. The molecule has 166 valence electrons. The number of benzene rings is 1. The van der Waals surface area contributed by atoms with Crippen LogP contribution in [0.4, 0.5) is 10.2 Å². The van der Waals surface area contributed by atoms with Gasteiger partial charge in [0.15, 0.2) is 0 Å². The van der Waals surface area contributed by atoms with Gasteiger partial charge in [-0.15, -0.1) is 10.2 Å². The third kappa shape index (κ3) is 4.60. The molecule has 1 aromatic carbocycles. The molecular formula is C25H33FN4O. The minimum atomic E-state index is -0.243. The zero-order chi connectivity index (χ0) is 21.4. The second-order valence-electron chi connectivity index (χ2n) is 9.83. The molecule has 0 amide bonds. The number of fused-ring (bicyclic) bond motifs is 1. The van der Waals surface area contributed by atoms with E-state index in [4.69, 9.17) is 4.74 Å². The molecule has 3 aliphatic rings. The predicted molar refractivity (Wildman–Crippen MR) is 121 cm³/mol. The first-order valence-electron chi connectivity index (χ1n) is 11.7. The molecule has 1 aromatic heterocycles. The SMILES string of the molecule is Cc1ccc(F)cc1-c1nnc(N[C@@H]2C[C@@H]3CN(CC4CCOCC4)C[C@@H]3C2)cc1C. The molecule has 1 aliphatic carbocycles. The summed E-state index contributed by atoms with van der Waals surface area (Å²) in [6.07, 6.45) is 4.86. The molecule has 6 heteroatoms. The van der Waals surface area contributed by atoms with Crippen molar-refractivity contribution in [2.24, 2.45) is 17.8 Å². The fourth-order valence-corrected chi connectivity index (χ4v) is 5.84. The largest absolute Gasteiger partial charge is 0.381 e. The molecule has 3 fully saturated rings. The molecule has 31 heavy (non-hydrogen) atoms.